The summed E-state index contributed by atoms with van der Waals surface area (Å²) in [7, 11) is 2.48. The first-order valence-corrected chi connectivity index (χ1v) is 6.98. The largest absolute Gasteiger partial charge is 0.469 e. The summed E-state index contributed by atoms with van der Waals surface area (Å²) in [6.45, 7) is 1.65. The smallest absolute Gasteiger partial charge is 0.328 e. The molecule has 7 heteroatoms. The molecule has 22 heavy (non-hydrogen) atoms. The van der Waals surface area contributed by atoms with Crippen molar-refractivity contribution in [3.05, 3.63) is 34.9 Å². The number of nitrogens with one attached hydrogen (secondary N) is 1. The number of benzene rings is 1. The standard InChI is InChI=1S/C15H18ClNO5/c1-9(8-12(18)21-2)13(15(20)22-3)17-14(19)10-4-6-11(16)7-5-10/h4-7,9,13H,8H2,1-3H3,(H,17,19)/t9-,13+/m1/s1. The van der Waals surface area contributed by atoms with E-state index < -0.39 is 29.8 Å². The van der Waals surface area contributed by atoms with Crippen LogP contribution in [0.5, 0.6) is 0 Å². The maximum absolute atomic E-state index is 12.2. The van der Waals surface area contributed by atoms with Crippen molar-refractivity contribution in [2.75, 3.05) is 14.2 Å². The third-order valence-electron chi connectivity index (χ3n) is 3.13. The number of carbonyl (C=O) groups excluding carboxylic acids is 3. The van der Waals surface area contributed by atoms with E-state index in [9.17, 15) is 14.4 Å². The molecule has 0 aromatic heterocycles. The zero-order valence-corrected chi connectivity index (χ0v) is 13.3. The molecule has 0 aliphatic rings. The fraction of sp³-hybridized carbons (Fsp3) is 0.400. The fourth-order valence-corrected chi connectivity index (χ4v) is 1.98. The summed E-state index contributed by atoms with van der Waals surface area (Å²) < 4.78 is 9.25. The average molecular weight is 328 g/mol. The second kappa shape index (κ2) is 8.38. The number of esters is 2. The number of methoxy groups -OCH3 is 2. The SMILES string of the molecule is COC(=O)C[C@@H](C)[C@H](NC(=O)c1ccc(Cl)cc1)C(=O)OC. The van der Waals surface area contributed by atoms with Crippen molar-refractivity contribution in [1.82, 2.24) is 5.32 Å². The van der Waals surface area contributed by atoms with Crippen LogP contribution in [0.3, 0.4) is 0 Å². The molecule has 1 aromatic carbocycles. The van der Waals surface area contributed by atoms with Gasteiger partial charge in [-0.3, -0.25) is 9.59 Å². The topological polar surface area (TPSA) is 81.7 Å². The van der Waals surface area contributed by atoms with Gasteiger partial charge in [-0.2, -0.15) is 0 Å². The number of rotatable bonds is 6. The van der Waals surface area contributed by atoms with Crippen LogP contribution in [0.1, 0.15) is 23.7 Å². The average Bonchev–Trinajstić information content (AvgIpc) is 2.51. The van der Waals surface area contributed by atoms with Gasteiger partial charge in [0.05, 0.1) is 20.6 Å². The van der Waals surface area contributed by atoms with E-state index in [4.69, 9.17) is 11.6 Å². The molecule has 0 bridgehead atoms. The lowest BCUT2D eigenvalue weighted by Crippen LogP contribution is -2.46. The van der Waals surface area contributed by atoms with Gasteiger partial charge in [0, 0.05) is 10.6 Å². The Morgan fingerprint density at radius 3 is 2.23 bits per heavy atom. The Bertz CT molecular complexity index is 543. The molecule has 0 heterocycles. The van der Waals surface area contributed by atoms with Gasteiger partial charge in [0.2, 0.25) is 0 Å². The quantitative estimate of drug-likeness (QED) is 0.806. The molecule has 2 atom stereocenters. The minimum atomic E-state index is -0.952. The molecule has 0 unspecified atom stereocenters. The molecular weight excluding hydrogens is 310 g/mol. The van der Waals surface area contributed by atoms with E-state index in [1.165, 1.54) is 26.4 Å². The van der Waals surface area contributed by atoms with Gasteiger partial charge < -0.3 is 14.8 Å². The molecule has 0 aliphatic heterocycles. The first-order valence-electron chi connectivity index (χ1n) is 6.60. The highest BCUT2D eigenvalue weighted by atomic mass is 35.5. The summed E-state index contributed by atoms with van der Waals surface area (Å²) in [5, 5.41) is 3.07. The Hall–Kier alpha value is -2.08. The van der Waals surface area contributed by atoms with Crippen molar-refractivity contribution in [3.63, 3.8) is 0 Å². The van der Waals surface area contributed by atoms with E-state index in [0.29, 0.717) is 10.6 Å². The van der Waals surface area contributed by atoms with Crippen molar-refractivity contribution in [1.29, 1.82) is 0 Å². The molecule has 1 N–H and O–H groups in total. The molecule has 120 valence electrons. The molecule has 1 amide bonds. The van der Waals surface area contributed by atoms with Gasteiger partial charge in [-0.1, -0.05) is 18.5 Å². The summed E-state index contributed by atoms with van der Waals surface area (Å²) in [4.78, 5) is 35.3. The maximum atomic E-state index is 12.2. The van der Waals surface area contributed by atoms with Crippen LogP contribution < -0.4 is 5.32 Å². The second-order valence-electron chi connectivity index (χ2n) is 4.74. The second-order valence-corrected chi connectivity index (χ2v) is 5.18. The summed E-state index contributed by atoms with van der Waals surface area (Å²) in [6.07, 6.45) is -0.0167. The van der Waals surface area contributed by atoms with Crippen LogP contribution >= 0.6 is 11.6 Å². The first kappa shape index (κ1) is 18.0. The maximum Gasteiger partial charge on any atom is 0.328 e. The van der Waals surface area contributed by atoms with Crippen molar-refractivity contribution in [2.24, 2.45) is 5.92 Å². The number of halogens is 1. The highest BCUT2D eigenvalue weighted by Gasteiger charge is 2.29. The predicted molar refractivity (Wildman–Crippen MR) is 80.5 cm³/mol. The highest BCUT2D eigenvalue weighted by molar-refractivity contribution is 6.30. The highest BCUT2D eigenvalue weighted by Crippen LogP contribution is 2.13. The van der Waals surface area contributed by atoms with Gasteiger partial charge in [0.25, 0.3) is 5.91 Å². The van der Waals surface area contributed by atoms with E-state index in [0.717, 1.165) is 0 Å². The Kier molecular flexibility index (Phi) is 6.85. The molecule has 0 spiro atoms. The van der Waals surface area contributed by atoms with Gasteiger partial charge >= 0.3 is 11.9 Å². The van der Waals surface area contributed by atoms with Crippen molar-refractivity contribution >= 4 is 29.4 Å². The predicted octanol–water partition coefficient (Wildman–Crippen LogP) is 1.81. The zero-order chi connectivity index (χ0) is 16.7. The lowest BCUT2D eigenvalue weighted by Gasteiger charge is -2.22. The van der Waals surface area contributed by atoms with E-state index in [2.05, 4.69) is 14.8 Å². The number of hydrogen-bond acceptors (Lipinski definition) is 5. The molecule has 0 saturated carbocycles. The van der Waals surface area contributed by atoms with Crippen LogP contribution in [-0.4, -0.2) is 38.1 Å². The number of ether oxygens (including phenoxy) is 2. The molecule has 0 fully saturated rings. The van der Waals surface area contributed by atoms with E-state index in [1.807, 2.05) is 0 Å². The molecule has 0 radical (unpaired) electrons. The summed E-state index contributed by atoms with van der Waals surface area (Å²) in [5.41, 5.74) is 0.351. The van der Waals surface area contributed by atoms with Crippen molar-refractivity contribution in [2.45, 2.75) is 19.4 Å². The van der Waals surface area contributed by atoms with Gasteiger partial charge in [0.15, 0.2) is 0 Å². The third kappa shape index (κ3) is 5.04. The summed E-state index contributed by atoms with van der Waals surface area (Å²) in [6, 6.07) is 5.27. The Labute approximate surface area is 133 Å². The Balaban J connectivity index is 2.84. The lowest BCUT2D eigenvalue weighted by molar-refractivity contribution is -0.146. The summed E-state index contributed by atoms with van der Waals surface area (Å²) in [5.74, 6) is -2.03. The normalized spacial score (nSPS) is 12.9. The van der Waals surface area contributed by atoms with Gasteiger partial charge in [0.1, 0.15) is 6.04 Å². The van der Waals surface area contributed by atoms with Gasteiger partial charge in [-0.15, -0.1) is 0 Å². The van der Waals surface area contributed by atoms with Crippen LogP contribution in [0.25, 0.3) is 0 Å². The zero-order valence-electron chi connectivity index (χ0n) is 12.6. The number of hydrogen-bond donors (Lipinski definition) is 1. The summed E-state index contributed by atoms with van der Waals surface area (Å²) >= 11 is 5.76. The van der Waals surface area contributed by atoms with Crippen molar-refractivity contribution < 1.29 is 23.9 Å². The number of amides is 1. The molecule has 1 rings (SSSR count). The monoisotopic (exact) mass is 327 g/mol. The van der Waals surface area contributed by atoms with Gasteiger partial charge in [-0.05, 0) is 30.2 Å². The fourth-order valence-electron chi connectivity index (χ4n) is 1.85. The van der Waals surface area contributed by atoms with Gasteiger partial charge in [-0.25, -0.2) is 4.79 Å². The minimum Gasteiger partial charge on any atom is -0.469 e. The Morgan fingerprint density at radius 1 is 1.14 bits per heavy atom. The van der Waals surface area contributed by atoms with Crippen LogP contribution in [0.15, 0.2) is 24.3 Å². The van der Waals surface area contributed by atoms with Crippen LogP contribution in [-0.2, 0) is 19.1 Å². The third-order valence-corrected chi connectivity index (χ3v) is 3.39. The van der Waals surface area contributed by atoms with E-state index >= 15 is 0 Å². The van der Waals surface area contributed by atoms with Crippen molar-refractivity contribution in [3.8, 4) is 0 Å². The van der Waals surface area contributed by atoms with Crippen LogP contribution in [0.2, 0.25) is 5.02 Å². The Morgan fingerprint density at radius 2 is 1.73 bits per heavy atom. The molecule has 0 saturated heterocycles. The molecule has 0 aliphatic carbocycles. The van der Waals surface area contributed by atoms with Crippen LogP contribution in [0.4, 0.5) is 0 Å². The van der Waals surface area contributed by atoms with Crippen LogP contribution in [0, 0.1) is 5.92 Å². The molecule has 1 aromatic rings. The molecule has 6 nitrogen and oxygen atoms in total. The lowest BCUT2D eigenvalue weighted by atomic mass is 9.98. The van der Waals surface area contributed by atoms with E-state index in [1.54, 1.807) is 19.1 Å². The number of carbonyl (C=O) groups is 3. The van der Waals surface area contributed by atoms with E-state index in [-0.39, 0.29) is 6.42 Å². The minimum absolute atomic E-state index is 0.0167. The first-order chi connectivity index (χ1) is 10.4. The molecular formula is C15H18ClNO5.